The molecule has 22 heavy (non-hydrogen) atoms. The molecule has 0 spiro atoms. The lowest BCUT2D eigenvalue weighted by atomic mass is 9.91. The molecule has 0 aliphatic carbocycles. The maximum atomic E-state index is 11.1. The summed E-state index contributed by atoms with van der Waals surface area (Å²) in [6.07, 6.45) is 1.99. The quantitative estimate of drug-likeness (QED) is 0.882. The van der Waals surface area contributed by atoms with E-state index in [4.69, 9.17) is 5.73 Å². The van der Waals surface area contributed by atoms with Gasteiger partial charge in [-0.15, -0.1) is 0 Å². The van der Waals surface area contributed by atoms with Crippen molar-refractivity contribution in [1.82, 2.24) is 9.97 Å². The van der Waals surface area contributed by atoms with E-state index in [0.29, 0.717) is 0 Å². The van der Waals surface area contributed by atoms with Gasteiger partial charge in [-0.25, -0.2) is 9.97 Å². The second-order valence-corrected chi connectivity index (χ2v) is 5.84. The molecule has 2 heterocycles. The summed E-state index contributed by atoms with van der Waals surface area (Å²) in [6.45, 7) is 3.53. The number of para-hydroxylation sites is 1. The van der Waals surface area contributed by atoms with Crippen LogP contribution in [-0.2, 0) is 4.79 Å². The number of primary amides is 1. The zero-order chi connectivity index (χ0) is 15.7. The van der Waals surface area contributed by atoms with E-state index in [0.717, 1.165) is 48.2 Å². The van der Waals surface area contributed by atoms with Crippen molar-refractivity contribution in [3.8, 4) is 0 Å². The number of aromatic nitrogens is 2. The number of fused-ring (bicyclic) bond motifs is 1. The zero-order valence-electron chi connectivity index (χ0n) is 12.6. The molecule has 116 valence electrons. The van der Waals surface area contributed by atoms with E-state index in [2.05, 4.69) is 14.9 Å². The number of aliphatic hydroxyl groups is 1. The number of amides is 1. The van der Waals surface area contributed by atoms with Crippen molar-refractivity contribution in [3.63, 3.8) is 0 Å². The summed E-state index contributed by atoms with van der Waals surface area (Å²) in [4.78, 5) is 22.1. The molecule has 1 aromatic heterocycles. The van der Waals surface area contributed by atoms with Crippen molar-refractivity contribution in [1.29, 1.82) is 0 Å². The van der Waals surface area contributed by atoms with Gasteiger partial charge in [-0.1, -0.05) is 12.1 Å². The molecule has 1 aliphatic heterocycles. The van der Waals surface area contributed by atoms with Gasteiger partial charge in [0, 0.05) is 18.5 Å². The van der Waals surface area contributed by atoms with E-state index < -0.39 is 12.0 Å². The highest BCUT2D eigenvalue weighted by Crippen LogP contribution is 2.29. The number of aliphatic hydroxyl groups excluding tert-OH is 1. The Labute approximate surface area is 129 Å². The number of carbonyl (C=O) groups excluding carboxylic acids is 1. The summed E-state index contributed by atoms with van der Waals surface area (Å²) in [6, 6.07) is 6.07. The van der Waals surface area contributed by atoms with Crippen LogP contribution < -0.4 is 10.6 Å². The Hall–Kier alpha value is -2.21. The Morgan fingerprint density at radius 3 is 2.77 bits per heavy atom. The number of nitrogens with two attached hydrogens (primary N) is 1. The number of hydrogen-bond acceptors (Lipinski definition) is 5. The van der Waals surface area contributed by atoms with Crippen LogP contribution in [0.1, 0.15) is 18.4 Å². The molecule has 0 saturated carbocycles. The van der Waals surface area contributed by atoms with Crippen molar-refractivity contribution in [2.45, 2.75) is 25.9 Å². The van der Waals surface area contributed by atoms with Crippen LogP contribution in [0.2, 0.25) is 0 Å². The fraction of sp³-hybridized carbons (Fsp3) is 0.438. The van der Waals surface area contributed by atoms with Gasteiger partial charge in [0.25, 0.3) is 0 Å². The minimum absolute atomic E-state index is 0.0661. The van der Waals surface area contributed by atoms with Crippen molar-refractivity contribution in [2.24, 2.45) is 11.7 Å². The predicted octanol–water partition coefficient (Wildman–Crippen LogP) is 1.00. The predicted molar refractivity (Wildman–Crippen MR) is 84.4 cm³/mol. The molecular weight excluding hydrogens is 280 g/mol. The van der Waals surface area contributed by atoms with Crippen molar-refractivity contribution >= 4 is 22.6 Å². The van der Waals surface area contributed by atoms with E-state index in [1.54, 1.807) is 6.33 Å². The highest BCUT2D eigenvalue weighted by molar-refractivity contribution is 5.91. The smallest absolute Gasteiger partial charge is 0.246 e. The van der Waals surface area contributed by atoms with Crippen molar-refractivity contribution in [3.05, 3.63) is 30.1 Å². The van der Waals surface area contributed by atoms with Crippen LogP contribution in [0.25, 0.3) is 10.9 Å². The lowest BCUT2D eigenvalue weighted by Gasteiger charge is -2.34. The van der Waals surface area contributed by atoms with E-state index in [1.165, 1.54) is 0 Å². The molecule has 3 N–H and O–H groups in total. The highest BCUT2D eigenvalue weighted by Gasteiger charge is 2.29. The summed E-state index contributed by atoms with van der Waals surface area (Å²) >= 11 is 0. The monoisotopic (exact) mass is 300 g/mol. The number of hydrogen-bond donors (Lipinski definition) is 2. The summed E-state index contributed by atoms with van der Waals surface area (Å²) in [5.74, 6) is 0.214. The molecule has 1 aliphatic rings. The molecule has 1 aromatic carbocycles. The van der Waals surface area contributed by atoms with Crippen molar-refractivity contribution in [2.75, 3.05) is 18.0 Å². The number of benzene rings is 1. The largest absolute Gasteiger partial charge is 0.383 e. The molecular formula is C16H20N4O2. The molecule has 6 nitrogen and oxygen atoms in total. The van der Waals surface area contributed by atoms with Crippen LogP contribution >= 0.6 is 0 Å². The molecule has 3 rings (SSSR count). The second kappa shape index (κ2) is 5.88. The van der Waals surface area contributed by atoms with Gasteiger partial charge >= 0.3 is 0 Å². The Bertz CT molecular complexity index is 696. The van der Waals surface area contributed by atoms with Gasteiger partial charge in [-0.05, 0) is 37.3 Å². The van der Waals surface area contributed by atoms with E-state index in [9.17, 15) is 9.90 Å². The Kier molecular flexibility index (Phi) is 3.94. The van der Waals surface area contributed by atoms with Gasteiger partial charge in [0.2, 0.25) is 5.91 Å². The molecule has 6 heteroatoms. The van der Waals surface area contributed by atoms with Gasteiger partial charge in [-0.2, -0.15) is 0 Å². The molecule has 0 bridgehead atoms. The standard InChI is InChI=1S/C16H20N4O2/c1-10-3-2-4-12-13(10)18-9-19-16(12)20-7-5-11(6-8-20)14(21)15(17)22/h2-4,9,11,14,21H,5-8H2,1H3,(H2,17,22)/t14-/m1/s1. The van der Waals surface area contributed by atoms with Crippen LogP contribution in [0.5, 0.6) is 0 Å². The number of carbonyl (C=O) groups is 1. The maximum absolute atomic E-state index is 11.1. The first-order chi connectivity index (χ1) is 10.6. The zero-order valence-corrected chi connectivity index (χ0v) is 12.6. The summed E-state index contributed by atoms with van der Waals surface area (Å²) < 4.78 is 0. The second-order valence-electron chi connectivity index (χ2n) is 5.84. The van der Waals surface area contributed by atoms with Crippen LogP contribution in [0.15, 0.2) is 24.5 Å². The van der Waals surface area contributed by atoms with E-state index in [-0.39, 0.29) is 5.92 Å². The molecule has 0 unspecified atom stereocenters. The first-order valence-electron chi connectivity index (χ1n) is 7.50. The van der Waals surface area contributed by atoms with Gasteiger partial charge in [0.15, 0.2) is 0 Å². The summed E-state index contributed by atoms with van der Waals surface area (Å²) in [5.41, 5.74) is 7.27. The molecule has 0 radical (unpaired) electrons. The van der Waals surface area contributed by atoms with Crippen LogP contribution in [0.4, 0.5) is 5.82 Å². The molecule has 2 aromatic rings. The lowest BCUT2D eigenvalue weighted by molar-refractivity contribution is -0.129. The third-order valence-corrected chi connectivity index (χ3v) is 4.42. The number of aryl methyl sites for hydroxylation is 1. The number of rotatable bonds is 3. The maximum Gasteiger partial charge on any atom is 0.246 e. The number of piperidine rings is 1. The van der Waals surface area contributed by atoms with E-state index >= 15 is 0 Å². The number of anilines is 1. The first kappa shape index (κ1) is 14.7. The number of nitrogens with zero attached hydrogens (tertiary/aromatic N) is 3. The third-order valence-electron chi connectivity index (χ3n) is 4.42. The average molecular weight is 300 g/mol. The van der Waals surface area contributed by atoms with Crippen LogP contribution in [0.3, 0.4) is 0 Å². The topological polar surface area (TPSA) is 92.3 Å². The third kappa shape index (κ3) is 2.62. The Balaban J connectivity index is 1.83. The normalized spacial score (nSPS) is 17.6. The van der Waals surface area contributed by atoms with Crippen LogP contribution in [0, 0.1) is 12.8 Å². The summed E-state index contributed by atoms with van der Waals surface area (Å²) in [7, 11) is 0. The van der Waals surface area contributed by atoms with Gasteiger partial charge in [-0.3, -0.25) is 4.79 Å². The highest BCUT2D eigenvalue weighted by atomic mass is 16.3. The molecule has 1 saturated heterocycles. The summed E-state index contributed by atoms with van der Waals surface area (Å²) in [5, 5.41) is 10.8. The molecule has 1 fully saturated rings. The molecule has 1 amide bonds. The lowest BCUT2D eigenvalue weighted by Crippen LogP contribution is -2.43. The van der Waals surface area contributed by atoms with E-state index in [1.807, 2.05) is 25.1 Å². The van der Waals surface area contributed by atoms with Gasteiger partial charge < -0.3 is 15.7 Å². The molecule has 1 atom stereocenters. The Morgan fingerprint density at radius 2 is 2.09 bits per heavy atom. The van der Waals surface area contributed by atoms with Gasteiger partial charge in [0.1, 0.15) is 18.2 Å². The SMILES string of the molecule is Cc1cccc2c(N3CCC([C@@H](O)C(N)=O)CC3)ncnc12. The fourth-order valence-corrected chi connectivity index (χ4v) is 3.13. The van der Waals surface area contributed by atoms with Crippen molar-refractivity contribution < 1.29 is 9.90 Å². The van der Waals surface area contributed by atoms with Crippen LogP contribution in [-0.4, -0.2) is 40.2 Å². The fourth-order valence-electron chi connectivity index (χ4n) is 3.13. The minimum Gasteiger partial charge on any atom is -0.383 e. The average Bonchev–Trinajstić information content (AvgIpc) is 2.54. The van der Waals surface area contributed by atoms with Gasteiger partial charge in [0.05, 0.1) is 5.52 Å². The first-order valence-corrected chi connectivity index (χ1v) is 7.50. The minimum atomic E-state index is -1.05. The Morgan fingerprint density at radius 1 is 1.36 bits per heavy atom.